The van der Waals surface area contributed by atoms with Gasteiger partial charge in [-0.25, -0.2) is 0 Å². The van der Waals surface area contributed by atoms with Crippen LogP contribution in [0.3, 0.4) is 0 Å². The number of esters is 1. The molecule has 0 saturated heterocycles. The second kappa shape index (κ2) is 59.6. The molecule has 0 aromatic rings. The number of phosphoric acid groups is 1. The molecule has 1 amide bonds. The highest BCUT2D eigenvalue weighted by Gasteiger charge is 2.27. The van der Waals surface area contributed by atoms with E-state index in [4.69, 9.17) is 13.8 Å². The number of hydrogen-bond donors (Lipinski definition) is 1. The van der Waals surface area contributed by atoms with Gasteiger partial charge in [-0.2, -0.15) is 0 Å². The minimum atomic E-state index is -4.70. The lowest BCUT2D eigenvalue weighted by Gasteiger charge is -2.30. The van der Waals surface area contributed by atoms with Crippen molar-refractivity contribution in [3.63, 3.8) is 0 Å². The van der Waals surface area contributed by atoms with Gasteiger partial charge in [-0.05, 0) is 57.4 Å². The van der Waals surface area contributed by atoms with Crippen LogP contribution in [0.4, 0.5) is 0 Å². The lowest BCUT2D eigenvalue weighted by molar-refractivity contribution is -0.870. The molecule has 79 heavy (non-hydrogen) atoms. The Morgan fingerprint density at radius 2 is 0.734 bits per heavy atom. The van der Waals surface area contributed by atoms with Gasteiger partial charge in [0.2, 0.25) is 5.91 Å². The van der Waals surface area contributed by atoms with Crippen molar-refractivity contribution in [2.24, 2.45) is 0 Å². The van der Waals surface area contributed by atoms with Crippen LogP contribution in [0.15, 0.2) is 24.3 Å². The number of unbranched alkanes of at least 4 members (excludes halogenated alkanes) is 46. The van der Waals surface area contributed by atoms with Crippen LogP contribution in [-0.2, 0) is 27.9 Å². The van der Waals surface area contributed by atoms with Crippen molar-refractivity contribution in [3.8, 4) is 0 Å². The van der Waals surface area contributed by atoms with E-state index in [1.54, 1.807) is 0 Å². The van der Waals surface area contributed by atoms with Crippen LogP contribution in [0.1, 0.15) is 355 Å². The minimum Gasteiger partial charge on any atom is -0.756 e. The molecule has 0 aliphatic heterocycles. The first kappa shape index (κ1) is 77.5. The van der Waals surface area contributed by atoms with Crippen molar-refractivity contribution in [3.05, 3.63) is 24.3 Å². The predicted octanol–water partition coefficient (Wildman–Crippen LogP) is 21.0. The van der Waals surface area contributed by atoms with E-state index in [1.807, 2.05) is 33.3 Å². The molecule has 0 aliphatic carbocycles. The summed E-state index contributed by atoms with van der Waals surface area (Å²) in [6, 6.07) is -0.883. The molecular weight excluding hydrogens is 1000 g/mol. The maximum Gasteiger partial charge on any atom is 0.306 e. The molecule has 0 radical (unpaired) electrons. The maximum atomic E-state index is 13.6. The van der Waals surface area contributed by atoms with E-state index in [1.165, 1.54) is 263 Å². The van der Waals surface area contributed by atoms with E-state index in [2.05, 4.69) is 38.2 Å². The average molecular weight is 1140 g/mol. The van der Waals surface area contributed by atoms with Crippen molar-refractivity contribution in [1.82, 2.24) is 5.32 Å². The molecule has 0 aromatic heterocycles. The topological polar surface area (TPSA) is 114 Å². The van der Waals surface area contributed by atoms with Crippen LogP contribution in [-0.4, -0.2) is 69.4 Å². The lowest BCUT2D eigenvalue weighted by Crippen LogP contribution is -2.47. The Hall–Kier alpha value is -1.51. The van der Waals surface area contributed by atoms with Crippen molar-refractivity contribution in [2.45, 2.75) is 367 Å². The summed E-state index contributed by atoms with van der Waals surface area (Å²) >= 11 is 0. The molecule has 0 rings (SSSR count). The molecule has 3 unspecified atom stereocenters. The Labute approximate surface area is 492 Å². The number of hydrogen-bond acceptors (Lipinski definition) is 7. The number of allylic oxidation sites excluding steroid dienone is 3. The summed E-state index contributed by atoms with van der Waals surface area (Å²) in [5.74, 6) is -0.521. The predicted molar refractivity (Wildman–Crippen MR) is 340 cm³/mol. The molecule has 0 heterocycles. The number of phosphoric ester groups is 1. The summed E-state index contributed by atoms with van der Waals surface area (Å²) in [5, 5.41) is 3.05. The fourth-order valence-corrected chi connectivity index (χ4v) is 11.2. The van der Waals surface area contributed by atoms with Gasteiger partial charge in [0.15, 0.2) is 0 Å². The largest absolute Gasteiger partial charge is 0.756 e. The van der Waals surface area contributed by atoms with Crippen molar-refractivity contribution < 1.29 is 37.3 Å². The summed E-state index contributed by atoms with van der Waals surface area (Å²) in [4.78, 5) is 40.1. The first-order valence-corrected chi connectivity index (χ1v) is 36.1. The number of ether oxygens (including phenoxy) is 1. The van der Waals surface area contributed by atoms with Crippen molar-refractivity contribution in [2.75, 3.05) is 40.9 Å². The van der Waals surface area contributed by atoms with Gasteiger partial charge in [-0.15, -0.1) is 0 Å². The van der Waals surface area contributed by atoms with Crippen LogP contribution in [0.2, 0.25) is 0 Å². The number of nitrogens with one attached hydrogen (secondary N) is 1. The first-order chi connectivity index (χ1) is 38.4. The van der Waals surface area contributed by atoms with E-state index >= 15 is 0 Å². The molecule has 0 saturated carbocycles. The Balaban J connectivity index is 5.04. The summed E-state index contributed by atoms with van der Waals surface area (Å²) in [7, 11) is 1.20. The van der Waals surface area contributed by atoms with Gasteiger partial charge in [-0.1, -0.05) is 309 Å². The Bertz CT molecular complexity index is 1400. The Morgan fingerprint density at radius 1 is 0.430 bits per heavy atom. The van der Waals surface area contributed by atoms with E-state index in [-0.39, 0.29) is 31.5 Å². The van der Waals surface area contributed by atoms with Gasteiger partial charge >= 0.3 is 5.97 Å². The van der Waals surface area contributed by atoms with Gasteiger partial charge in [0.25, 0.3) is 7.82 Å². The molecule has 3 atom stereocenters. The standard InChI is InChI=1S/C69H135N2O7P/c1-7-10-13-16-19-22-25-27-29-31-33-35-37-39-41-43-46-49-52-55-58-61-68(72)70-66(65-77-79(74,75)76-64-63-71(4,5)6)67(60-57-54-51-48-45-24-21-18-15-12-9-3)78-69(73)62-59-56-53-50-47-44-42-40-38-36-34-32-30-28-26-23-20-17-14-11-8-2/h28,30,57,60,66-67H,7-27,29,31-56,58-59,61-65H2,1-6H3,(H-,70,72,74,75)/b30-28+,60-57+. The number of quaternary nitrogens is 1. The molecule has 0 spiro atoms. The summed E-state index contributed by atoms with van der Waals surface area (Å²) in [6.07, 6.45) is 71.6. The first-order valence-electron chi connectivity index (χ1n) is 34.6. The normalized spacial score (nSPS) is 13.7. The number of likely N-dealkylation sites (N-methyl/N-ethyl adjacent to an activating group) is 1. The number of rotatable bonds is 64. The van der Waals surface area contributed by atoms with E-state index in [0.29, 0.717) is 17.4 Å². The molecule has 0 bridgehead atoms. The highest BCUT2D eigenvalue weighted by molar-refractivity contribution is 7.45. The number of nitrogens with zero attached hydrogens (tertiary/aromatic N) is 1. The van der Waals surface area contributed by atoms with E-state index in [9.17, 15) is 19.0 Å². The zero-order valence-corrected chi connectivity index (χ0v) is 54.5. The SMILES string of the molecule is CCCCCCCC/C=C/CCCCCCCCCCCCCC(=O)OC(/C=C/CCCCCCCCCCC)C(COP(=O)([O-])OCC[N+](C)(C)C)NC(=O)CCCCCCCCCCCCCCCCCCCCCCC. The fraction of sp³-hybridized carbons (Fsp3) is 0.913. The molecule has 0 fully saturated rings. The van der Waals surface area contributed by atoms with Crippen LogP contribution < -0.4 is 10.2 Å². The van der Waals surface area contributed by atoms with Gasteiger partial charge < -0.3 is 28.5 Å². The number of amides is 1. The molecule has 10 heteroatoms. The molecule has 0 aliphatic rings. The van der Waals surface area contributed by atoms with Gasteiger partial charge in [0, 0.05) is 12.8 Å². The van der Waals surface area contributed by atoms with Crippen molar-refractivity contribution >= 4 is 19.7 Å². The lowest BCUT2D eigenvalue weighted by atomic mass is 10.0. The summed E-state index contributed by atoms with van der Waals surface area (Å²) in [5.41, 5.74) is 0. The van der Waals surface area contributed by atoms with Crippen LogP contribution >= 0.6 is 7.82 Å². The highest BCUT2D eigenvalue weighted by atomic mass is 31.2. The smallest absolute Gasteiger partial charge is 0.306 e. The molecule has 1 N–H and O–H groups in total. The average Bonchev–Trinajstić information content (AvgIpc) is 3.41. The van der Waals surface area contributed by atoms with Crippen LogP contribution in [0.5, 0.6) is 0 Å². The van der Waals surface area contributed by atoms with E-state index in [0.717, 1.165) is 57.8 Å². The minimum absolute atomic E-state index is 0.0183. The Morgan fingerprint density at radius 3 is 1.08 bits per heavy atom. The summed E-state index contributed by atoms with van der Waals surface area (Å²) in [6.45, 7) is 6.90. The maximum absolute atomic E-state index is 13.6. The second-order valence-corrected chi connectivity index (χ2v) is 26.5. The zero-order valence-electron chi connectivity index (χ0n) is 53.6. The van der Waals surface area contributed by atoms with Gasteiger partial charge in [0.1, 0.15) is 19.3 Å². The number of carbonyl (C=O) groups excluding carboxylic acids is 2. The zero-order chi connectivity index (χ0) is 57.9. The van der Waals surface area contributed by atoms with Crippen molar-refractivity contribution in [1.29, 1.82) is 0 Å². The monoisotopic (exact) mass is 1140 g/mol. The van der Waals surface area contributed by atoms with Gasteiger partial charge in [0.05, 0.1) is 33.8 Å². The molecular formula is C69H135N2O7P. The molecule has 9 nitrogen and oxygen atoms in total. The van der Waals surface area contributed by atoms with Crippen LogP contribution in [0.25, 0.3) is 0 Å². The third-order valence-electron chi connectivity index (χ3n) is 15.9. The third kappa shape index (κ3) is 60.9. The summed E-state index contributed by atoms with van der Waals surface area (Å²) < 4.78 is 30.4. The van der Waals surface area contributed by atoms with Gasteiger partial charge in [-0.3, -0.25) is 14.2 Å². The van der Waals surface area contributed by atoms with E-state index < -0.39 is 20.0 Å². The molecule has 468 valence electrons. The third-order valence-corrected chi connectivity index (χ3v) is 16.8. The fourth-order valence-electron chi connectivity index (χ4n) is 10.5. The molecule has 0 aromatic carbocycles. The second-order valence-electron chi connectivity index (χ2n) is 25.0. The quantitative estimate of drug-likeness (QED) is 0.0212. The Kier molecular flexibility index (Phi) is 58.5. The highest BCUT2D eigenvalue weighted by Crippen LogP contribution is 2.38. The number of carbonyl (C=O) groups is 2. The van der Waals surface area contributed by atoms with Crippen LogP contribution in [0, 0.1) is 0 Å².